The van der Waals surface area contributed by atoms with Gasteiger partial charge in [-0.05, 0) is 36.3 Å². The quantitative estimate of drug-likeness (QED) is 0.241. The summed E-state index contributed by atoms with van der Waals surface area (Å²) in [5, 5.41) is 8.75. The van der Waals surface area contributed by atoms with Gasteiger partial charge >= 0.3 is 0 Å². The lowest BCUT2D eigenvalue weighted by atomic mass is 10.1. The first-order valence-corrected chi connectivity index (χ1v) is 9.82. The predicted molar refractivity (Wildman–Crippen MR) is 125 cm³/mol. The Hall–Kier alpha value is -1.61. The smallest absolute Gasteiger partial charge is 0.243 e. The van der Waals surface area contributed by atoms with Crippen LogP contribution in [0.5, 0.6) is 0 Å². The summed E-state index contributed by atoms with van der Waals surface area (Å²) in [5.74, 6) is 0.693. The molecule has 0 radical (unpaired) electrons. The lowest BCUT2D eigenvalue weighted by Gasteiger charge is -2.13. The van der Waals surface area contributed by atoms with Crippen LogP contribution in [0.2, 0.25) is 0 Å². The van der Waals surface area contributed by atoms with Crippen LogP contribution in [0.1, 0.15) is 16.9 Å². The number of carbonyl (C=O) groups is 1. The van der Waals surface area contributed by atoms with Crippen LogP contribution in [-0.4, -0.2) is 50.5 Å². The number of benzene rings is 1. The Morgan fingerprint density at radius 3 is 2.44 bits per heavy atom. The Kier molecular flexibility index (Phi) is 11.8. The predicted octanol–water partition coefficient (Wildman–Crippen LogP) is 3.16. The largest absolute Gasteiger partial charge is 0.356 e. The fourth-order valence-corrected chi connectivity index (χ4v) is 3.07. The molecule has 0 spiro atoms. The minimum Gasteiger partial charge on any atom is -0.356 e. The lowest BCUT2D eigenvalue weighted by molar-refractivity contribution is -0.127. The molecule has 1 aromatic carbocycles. The van der Waals surface area contributed by atoms with Gasteiger partial charge in [-0.25, -0.2) is 4.99 Å². The number of halogens is 1. The van der Waals surface area contributed by atoms with Crippen LogP contribution in [0, 0.1) is 0 Å². The summed E-state index contributed by atoms with van der Waals surface area (Å²) in [5.41, 5.74) is 1.33. The number of likely N-dealkylation sites (N-methyl/N-ethyl adjacent to an activating group) is 1. The van der Waals surface area contributed by atoms with Gasteiger partial charge in [0.05, 0.1) is 0 Å². The zero-order valence-corrected chi connectivity index (χ0v) is 19.1. The van der Waals surface area contributed by atoms with Crippen molar-refractivity contribution in [1.82, 2.24) is 15.5 Å². The molecule has 0 saturated heterocycles. The Morgan fingerprint density at radius 2 is 1.78 bits per heavy atom. The Bertz CT molecular complexity index is 675. The number of rotatable bonds is 9. The number of aryl methyl sites for hydroxylation is 1. The molecule has 7 heteroatoms. The van der Waals surface area contributed by atoms with E-state index < -0.39 is 0 Å². The second-order valence-electron chi connectivity index (χ2n) is 6.23. The topological polar surface area (TPSA) is 56.7 Å². The number of aliphatic imine (C=N–C) groups is 1. The molecule has 0 atom stereocenters. The third-order valence-corrected chi connectivity index (χ3v) is 4.83. The van der Waals surface area contributed by atoms with Crippen molar-refractivity contribution in [2.24, 2.45) is 4.99 Å². The van der Waals surface area contributed by atoms with Crippen LogP contribution >= 0.6 is 35.3 Å². The van der Waals surface area contributed by atoms with Crippen LogP contribution in [0.3, 0.4) is 0 Å². The first-order valence-electron chi connectivity index (χ1n) is 8.94. The molecule has 2 N–H and O–H groups in total. The van der Waals surface area contributed by atoms with Gasteiger partial charge in [0.1, 0.15) is 6.54 Å². The van der Waals surface area contributed by atoms with Crippen LogP contribution in [0.25, 0.3) is 0 Å². The standard InChI is InChI=1S/C20H28N4OS.HI/c1-24(2)19(25)16-23-20(22-14-12-18-11-7-15-26-18)21-13-6-10-17-8-4-3-5-9-17;/h3-5,7-9,11,15H,6,10,12-14,16H2,1-2H3,(H2,21,22,23);1H. The number of hydrogen-bond donors (Lipinski definition) is 2. The van der Waals surface area contributed by atoms with Crippen molar-refractivity contribution in [1.29, 1.82) is 0 Å². The van der Waals surface area contributed by atoms with Crippen molar-refractivity contribution in [3.8, 4) is 0 Å². The molecule has 0 unspecified atom stereocenters. The monoisotopic (exact) mass is 500 g/mol. The second kappa shape index (κ2) is 13.5. The van der Waals surface area contributed by atoms with Crippen molar-refractivity contribution < 1.29 is 4.79 Å². The summed E-state index contributed by atoms with van der Waals surface area (Å²) in [6.45, 7) is 1.76. The summed E-state index contributed by atoms with van der Waals surface area (Å²) >= 11 is 1.75. The van der Waals surface area contributed by atoms with Crippen molar-refractivity contribution in [2.75, 3.05) is 33.7 Å². The number of nitrogens with one attached hydrogen (secondary N) is 2. The molecule has 27 heavy (non-hydrogen) atoms. The molecule has 0 saturated carbocycles. The molecule has 0 bridgehead atoms. The molecule has 2 aromatic rings. The molecule has 0 aliphatic carbocycles. The number of amides is 1. The van der Waals surface area contributed by atoms with E-state index in [1.54, 1.807) is 30.3 Å². The number of guanidine groups is 1. The third-order valence-electron chi connectivity index (χ3n) is 3.89. The molecule has 5 nitrogen and oxygen atoms in total. The number of nitrogens with zero attached hydrogens (tertiary/aromatic N) is 2. The Morgan fingerprint density at radius 1 is 1.04 bits per heavy atom. The highest BCUT2D eigenvalue weighted by atomic mass is 127. The molecule has 1 amide bonds. The zero-order valence-electron chi connectivity index (χ0n) is 16.0. The number of carbonyl (C=O) groups excluding carboxylic acids is 1. The maximum Gasteiger partial charge on any atom is 0.243 e. The van der Waals surface area contributed by atoms with Gasteiger partial charge in [-0.1, -0.05) is 36.4 Å². The van der Waals surface area contributed by atoms with Gasteiger partial charge in [0.25, 0.3) is 0 Å². The normalized spacial score (nSPS) is 10.8. The van der Waals surface area contributed by atoms with Crippen molar-refractivity contribution in [3.05, 3.63) is 58.3 Å². The molecule has 2 rings (SSSR count). The van der Waals surface area contributed by atoms with E-state index in [-0.39, 0.29) is 36.4 Å². The van der Waals surface area contributed by atoms with Crippen LogP contribution in [0.15, 0.2) is 52.8 Å². The van der Waals surface area contributed by atoms with E-state index in [0.29, 0.717) is 5.96 Å². The fraction of sp³-hybridized carbons (Fsp3) is 0.400. The minimum atomic E-state index is -0.00589. The maximum absolute atomic E-state index is 11.8. The van der Waals surface area contributed by atoms with Crippen molar-refractivity contribution in [3.63, 3.8) is 0 Å². The van der Waals surface area contributed by atoms with Gasteiger partial charge in [-0.15, -0.1) is 35.3 Å². The van der Waals surface area contributed by atoms with Crippen LogP contribution in [-0.2, 0) is 17.6 Å². The van der Waals surface area contributed by atoms with Crippen LogP contribution < -0.4 is 10.6 Å². The highest BCUT2D eigenvalue weighted by molar-refractivity contribution is 14.0. The second-order valence-corrected chi connectivity index (χ2v) is 7.26. The SMILES string of the molecule is CN(C)C(=O)CN=C(NCCCc1ccccc1)NCCc1cccs1.I. The highest BCUT2D eigenvalue weighted by Crippen LogP contribution is 2.08. The minimum absolute atomic E-state index is 0. The number of hydrogen-bond acceptors (Lipinski definition) is 3. The Labute approximate surface area is 183 Å². The van der Waals surface area contributed by atoms with E-state index in [2.05, 4.69) is 57.4 Å². The highest BCUT2D eigenvalue weighted by Gasteiger charge is 2.05. The molecule has 0 aliphatic rings. The van der Waals surface area contributed by atoms with Gasteiger partial charge in [0.15, 0.2) is 5.96 Å². The maximum atomic E-state index is 11.8. The molecule has 0 aliphatic heterocycles. The average molecular weight is 500 g/mol. The average Bonchev–Trinajstić information content (AvgIpc) is 3.16. The molecule has 1 heterocycles. The lowest BCUT2D eigenvalue weighted by Crippen LogP contribution is -2.40. The van der Waals surface area contributed by atoms with Gasteiger partial charge in [-0.3, -0.25) is 4.79 Å². The van der Waals surface area contributed by atoms with Crippen molar-refractivity contribution in [2.45, 2.75) is 19.3 Å². The number of thiophene rings is 1. The third kappa shape index (κ3) is 9.76. The van der Waals surface area contributed by atoms with E-state index in [4.69, 9.17) is 0 Å². The molecule has 148 valence electrons. The first-order chi connectivity index (χ1) is 12.6. The Balaban J connectivity index is 0.00000364. The fourth-order valence-electron chi connectivity index (χ4n) is 2.37. The van der Waals surface area contributed by atoms with E-state index in [0.717, 1.165) is 32.4 Å². The summed E-state index contributed by atoms with van der Waals surface area (Å²) in [7, 11) is 3.49. The summed E-state index contributed by atoms with van der Waals surface area (Å²) in [6.07, 6.45) is 2.98. The van der Waals surface area contributed by atoms with E-state index >= 15 is 0 Å². The van der Waals surface area contributed by atoms with Gasteiger partial charge < -0.3 is 15.5 Å². The molecule has 1 aromatic heterocycles. The zero-order chi connectivity index (χ0) is 18.6. The summed E-state index contributed by atoms with van der Waals surface area (Å²) in [4.78, 5) is 19.1. The summed E-state index contributed by atoms with van der Waals surface area (Å²) in [6, 6.07) is 14.6. The van der Waals surface area contributed by atoms with Crippen LogP contribution in [0.4, 0.5) is 0 Å². The molecule has 0 fully saturated rings. The summed E-state index contributed by atoms with van der Waals surface area (Å²) < 4.78 is 0. The molecular formula is C20H29IN4OS. The van der Waals surface area contributed by atoms with E-state index in [1.807, 2.05) is 6.07 Å². The van der Waals surface area contributed by atoms with Gasteiger partial charge in [0, 0.05) is 32.1 Å². The van der Waals surface area contributed by atoms with Gasteiger partial charge in [-0.2, -0.15) is 0 Å². The van der Waals surface area contributed by atoms with Crippen molar-refractivity contribution >= 4 is 47.2 Å². The first kappa shape index (κ1) is 23.4. The van der Waals surface area contributed by atoms with E-state index in [9.17, 15) is 4.79 Å². The van der Waals surface area contributed by atoms with Gasteiger partial charge in [0.2, 0.25) is 5.91 Å². The molecular weight excluding hydrogens is 471 g/mol. The van der Waals surface area contributed by atoms with E-state index in [1.165, 1.54) is 10.4 Å².